The van der Waals surface area contributed by atoms with E-state index in [-0.39, 0.29) is 6.42 Å². The number of nitrogens with two attached hydrogens (primary N) is 1. The third-order valence-corrected chi connectivity index (χ3v) is 3.52. The predicted octanol–water partition coefficient (Wildman–Crippen LogP) is 2.59. The third-order valence-electron chi connectivity index (χ3n) is 3.52. The van der Waals surface area contributed by atoms with Crippen molar-refractivity contribution in [2.75, 3.05) is 0 Å². The molecule has 1 amide bonds. The van der Waals surface area contributed by atoms with Crippen molar-refractivity contribution in [1.82, 2.24) is 0 Å². The van der Waals surface area contributed by atoms with Gasteiger partial charge in [0.1, 0.15) is 0 Å². The number of aryl methyl sites for hydroxylation is 1. The number of benzene rings is 1. The second-order valence-electron chi connectivity index (χ2n) is 4.70. The zero-order valence-electron chi connectivity index (χ0n) is 13.7. The van der Waals surface area contributed by atoms with Crippen molar-refractivity contribution >= 4 is 11.5 Å². The molecule has 2 nitrogen and oxygen atoms in total. The number of hydrogen-bond donors (Lipinski definition) is 1. The molecule has 0 aliphatic heterocycles. The van der Waals surface area contributed by atoms with E-state index in [9.17, 15) is 4.79 Å². The van der Waals surface area contributed by atoms with Crippen LogP contribution in [0.2, 0.25) is 0 Å². The van der Waals surface area contributed by atoms with Gasteiger partial charge in [-0.15, -0.1) is 0 Å². The van der Waals surface area contributed by atoms with Crippen molar-refractivity contribution < 1.29 is 10.3 Å². The van der Waals surface area contributed by atoms with Gasteiger partial charge in [0.25, 0.3) is 0 Å². The standard InChI is InChI=1S/C15H17NO/c1-9-5-6-10-8-14-11(13(10)7-9)3-2-4-12(14)15(16)17/h5-7,12H,2-4,8H2,1H3,(H2,16,17)/i2D2,3D2. The van der Waals surface area contributed by atoms with E-state index in [2.05, 4.69) is 0 Å². The van der Waals surface area contributed by atoms with Gasteiger partial charge in [-0.05, 0) is 54.8 Å². The molecule has 0 radical (unpaired) electrons. The van der Waals surface area contributed by atoms with E-state index in [0.717, 1.165) is 16.7 Å². The lowest BCUT2D eigenvalue weighted by Gasteiger charge is -2.22. The SMILES string of the molecule is [2H]C1([2H])CC(C(N)=O)C2=C(c3cc(C)ccc3C2)C1([2H])[2H]. The Balaban J connectivity index is 2.27. The number of hydrogen-bond acceptors (Lipinski definition) is 1. The van der Waals surface area contributed by atoms with Crippen molar-refractivity contribution in [3.8, 4) is 0 Å². The molecular formula is C15H17NO. The molecule has 0 spiro atoms. The van der Waals surface area contributed by atoms with Gasteiger partial charge in [-0.1, -0.05) is 23.8 Å². The molecule has 1 unspecified atom stereocenters. The van der Waals surface area contributed by atoms with E-state index in [0.29, 0.717) is 17.6 Å². The van der Waals surface area contributed by atoms with Gasteiger partial charge in [-0.2, -0.15) is 0 Å². The maximum absolute atomic E-state index is 11.7. The molecular weight excluding hydrogens is 210 g/mol. The Morgan fingerprint density at radius 3 is 3.12 bits per heavy atom. The molecule has 0 aromatic heterocycles. The average Bonchev–Trinajstić information content (AvgIpc) is 2.73. The molecule has 1 atom stereocenters. The summed E-state index contributed by atoms with van der Waals surface area (Å²) in [5.74, 6) is -1.31. The van der Waals surface area contributed by atoms with Crippen molar-refractivity contribution in [2.45, 2.75) is 32.5 Å². The van der Waals surface area contributed by atoms with Gasteiger partial charge in [-0.25, -0.2) is 0 Å². The number of amides is 1. The van der Waals surface area contributed by atoms with E-state index in [1.54, 1.807) is 0 Å². The Morgan fingerprint density at radius 1 is 1.53 bits per heavy atom. The maximum Gasteiger partial charge on any atom is 0.224 e. The highest BCUT2D eigenvalue weighted by Crippen LogP contribution is 2.44. The van der Waals surface area contributed by atoms with Gasteiger partial charge >= 0.3 is 0 Å². The average molecular weight is 231 g/mol. The first-order chi connectivity index (χ1) is 9.65. The second kappa shape index (κ2) is 3.73. The Hall–Kier alpha value is -1.57. The Morgan fingerprint density at radius 2 is 2.35 bits per heavy atom. The summed E-state index contributed by atoms with van der Waals surface area (Å²) in [4.78, 5) is 11.7. The summed E-state index contributed by atoms with van der Waals surface area (Å²) in [6.07, 6.45) is -3.94. The van der Waals surface area contributed by atoms with Crippen LogP contribution in [0.5, 0.6) is 0 Å². The fourth-order valence-electron chi connectivity index (χ4n) is 2.63. The smallest absolute Gasteiger partial charge is 0.224 e. The van der Waals surface area contributed by atoms with Gasteiger partial charge in [-0.3, -0.25) is 4.79 Å². The van der Waals surface area contributed by atoms with Crippen LogP contribution in [0, 0.1) is 12.8 Å². The Kier molecular flexibility index (Phi) is 1.53. The molecule has 2 heteroatoms. The van der Waals surface area contributed by atoms with Crippen LogP contribution in [0.4, 0.5) is 0 Å². The fourth-order valence-corrected chi connectivity index (χ4v) is 2.63. The number of rotatable bonds is 1. The highest BCUT2D eigenvalue weighted by molar-refractivity contribution is 5.87. The van der Waals surface area contributed by atoms with Crippen molar-refractivity contribution in [1.29, 1.82) is 0 Å². The molecule has 88 valence electrons. The van der Waals surface area contributed by atoms with Gasteiger partial charge in [0, 0.05) is 5.48 Å². The van der Waals surface area contributed by atoms with Crippen LogP contribution >= 0.6 is 0 Å². The summed E-state index contributed by atoms with van der Waals surface area (Å²) < 4.78 is 32.6. The lowest BCUT2D eigenvalue weighted by molar-refractivity contribution is -0.121. The largest absolute Gasteiger partial charge is 0.369 e. The molecule has 1 aromatic carbocycles. The molecule has 3 rings (SSSR count). The minimum Gasteiger partial charge on any atom is -0.369 e. The summed E-state index contributed by atoms with van der Waals surface area (Å²) in [6.45, 7) is 1.91. The van der Waals surface area contributed by atoms with Crippen LogP contribution in [0.25, 0.3) is 5.57 Å². The van der Waals surface area contributed by atoms with E-state index in [1.165, 1.54) is 0 Å². The number of primary amides is 1. The zero-order valence-corrected chi connectivity index (χ0v) is 9.71. The topological polar surface area (TPSA) is 43.1 Å². The molecule has 0 saturated carbocycles. The highest BCUT2D eigenvalue weighted by Gasteiger charge is 2.32. The summed E-state index contributed by atoms with van der Waals surface area (Å²) in [6, 6.07) is 5.74. The minimum absolute atomic E-state index is 0.193. The van der Waals surface area contributed by atoms with Gasteiger partial charge in [0.2, 0.25) is 5.91 Å². The van der Waals surface area contributed by atoms with Crippen molar-refractivity contribution in [3.05, 3.63) is 40.5 Å². The number of carbonyl (C=O) groups is 1. The molecule has 17 heavy (non-hydrogen) atoms. The number of carbonyl (C=O) groups excluding carboxylic acids is 1. The van der Waals surface area contributed by atoms with Crippen LogP contribution in [-0.4, -0.2) is 5.91 Å². The summed E-state index contributed by atoms with van der Waals surface area (Å²) in [5, 5.41) is 0. The van der Waals surface area contributed by atoms with Crippen LogP contribution in [-0.2, 0) is 11.2 Å². The van der Waals surface area contributed by atoms with Gasteiger partial charge < -0.3 is 5.73 Å². The first-order valence-electron chi connectivity index (χ1n) is 7.78. The molecule has 0 fully saturated rings. The Bertz CT molecular complexity index is 678. The summed E-state index contributed by atoms with van der Waals surface area (Å²) in [5.41, 5.74) is 9.08. The fraction of sp³-hybridized carbons (Fsp3) is 0.400. The normalized spacial score (nSPS) is 31.7. The van der Waals surface area contributed by atoms with Crippen LogP contribution in [0.15, 0.2) is 23.8 Å². The number of fused-ring (bicyclic) bond motifs is 2. The third kappa shape index (κ3) is 1.59. The zero-order chi connectivity index (χ0) is 15.6. The number of allylic oxidation sites excluding steroid dienone is 1. The molecule has 0 heterocycles. The maximum atomic E-state index is 11.7. The first-order valence-corrected chi connectivity index (χ1v) is 5.78. The lowest BCUT2D eigenvalue weighted by Crippen LogP contribution is -2.27. The summed E-state index contributed by atoms with van der Waals surface area (Å²) in [7, 11) is 0. The van der Waals surface area contributed by atoms with Crippen LogP contribution in [0.3, 0.4) is 0 Å². The quantitative estimate of drug-likeness (QED) is 0.793. The molecule has 0 bridgehead atoms. The predicted molar refractivity (Wildman–Crippen MR) is 68.3 cm³/mol. The van der Waals surface area contributed by atoms with Crippen molar-refractivity contribution in [3.63, 3.8) is 0 Å². The highest BCUT2D eigenvalue weighted by atomic mass is 16.1. The lowest BCUT2D eigenvalue weighted by atomic mass is 9.82. The molecule has 0 saturated heterocycles. The molecule has 2 aliphatic carbocycles. The Labute approximate surface area is 107 Å². The van der Waals surface area contributed by atoms with Gasteiger partial charge in [0.15, 0.2) is 0 Å². The van der Waals surface area contributed by atoms with E-state index in [1.807, 2.05) is 25.1 Å². The summed E-state index contributed by atoms with van der Waals surface area (Å²) >= 11 is 0. The second-order valence-corrected chi connectivity index (χ2v) is 4.70. The van der Waals surface area contributed by atoms with E-state index >= 15 is 0 Å². The van der Waals surface area contributed by atoms with Crippen LogP contribution in [0.1, 0.15) is 41.3 Å². The first kappa shape index (κ1) is 7.00. The molecule has 2 aliphatic rings. The van der Waals surface area contributed by atoms with E-state index < -0.39 is 24.6 Å². The van der Waals surface area contributed by atoms with Crippen LogP contribution < -0.4 is 5.73 Å². The monoisotopic (exact) mass is 231 g/mol. The molecule has 1 aromatic rings. The van der Waals surface area contributed by atoms with Crippen molar-refractivity contribution in [2.24, 2.45) is 11.7 Å². The van der Waals surface area contributed by atoms with Gasteiger partial charge in [0.05, 0.1) is 5.92 Å². The molecule has 2 N–H and O–H groups in total. The minimum atomic E-state index is -2.12. The van der Waals surface area contributed by atoms with E-state index in [4.69, 9.17) is 11.2 Å².